The summed E-state index contributed by atoms with van der Waals surface area (Å²) in [5.74, 6) is -0.494. The van der Waals surface area contributed by atoms with E-state index in [0.29, 0.717) is 11.6 Å². The molecule has 21 heavy (non-hydrogen) atoms. The minimum absolute atomic E-state index is 0.00319. The normalized spacial score (nSPS) is 13.0. The Morgan fingerprint density at radius 3 is 2.57 bits per heavy atom. The number of nitrogens with two attached hydrogens (primary N) is 1. The highest BCUT2D eigenvalue weighted by Crippen LogP contribution is 2.40. The minimum Gasteiger partial charge on any atom is -0.396 e. The molecule has 120 valence electrons. The molecule has 0 aliphatic carbocycles. The SMILES string of the molecule is CCS(=O)(=O)c1c(NC(C)COC)sc(C(=O)NC)c1N. The van der Waals surface area contributed by atoms with Gasteiger partial charge in [0, 0.05) is 20.2 Å². The third-order valence-electron chi connectivity index (χ3n) is 2.82. The fourth-order valence-corrected chi connectivity index (χ4v) is 4.49. The molecule has 0 fully saturated rings. The predicted molar refractivity (Wildman–Crippen MR) is 84.8 cm³/mol. The van der Waals surface area contributed by atoms with E-state index in [1.165, 1.54) is 14.0 Å². The molecule has 7 nitrogen and oxygen atoms in total. The number of sulfone groups is 1. The number of methoxy groups -OCH3 is 1. The van der Waals surface area contributed by atoms with E-state index in [1.54, 1.807) is 7.11 Å². The van der Waals surface area contributed by atoms with Gasteiger partial charge in [0.1, 0.15) is 14.8 Å². The van der Waals surface area contributed by atoms with Crippen LogP contribution < -0.4 is 16.4 Å². The third-order valence-corrected chi connectivity index (χ3v) is 5.89. The zero-order valence-corrected chi connectivity index (χ0v) is 14.2. The zero-order valence-electron chi connectivity index (χ0n) is 12.5. The van der Waals surface area contributed by atoms with E-state index < -0.39 is 15.7 Å². The first-order chi connectivity index (χ1) is 9.78. The topological polar surface area (TPSA) is 111 Å². The molecule has 0 aliphatic heterocycles. The van der Waals surface area contributed by atoms with Gasteiger partial charge in [-0.2, -0.15) is 0 Å². The van der Waals surface area contributed by atoms with Gasteiger partial charge in [-0.15, -0.1) is 11.3 Å². The molecule has 0 saturated heterocycles. The smallest absolute Gasteiger partial charge is 0.263 e. The Bertz CT molecular complexity index is 610. The van der Waals surface area contributed by atoms with Gasteiger partial charge in [0.05, 0.1) is 18.0 Å². The number of amides is 1. The van der Waals surface area contributed by atoms with E-state index >= 15 is 0 Å². The molecule has 0 aromatic carbocycles. The van der Waals surface area contributed by atoms with Crippen molar-refractivity contribution in [3.8, 4) is 0 Å². The quantitative estimate of drug-likeness (QED) is 0.684. The van der Waals surface area contributed by atoms with Crippen LogP contribution in [0.15, 0.2) is 4.90 Å². The molecule has 0 bridgehead atoms. The molecular weight excluding hydrogens is 314 g/mol. The molecule has 1 heterocycles. The van der Waals surface area contributed by atoms with E-state index in [2.05, 4.69) is 10.6 Å². The van der Waals surface area contributed by atoms with Gasteiger partial charge in [0.15, 0.2) is 9.84 Å². The van der Waals surface area contributed by atoms with Crippen LogP contribution in [0, 0.1) is 0 Å². The summed E-state index contributed by atoms with van der Waals surface area (Å²) in [6.07, 6.45) is 0. The highest BCUT2D eigenvalue weighted by molar-refractivity contribution is 7.91. The molecule has 4 N–H and O–H groups in total. The first kappa shape index (κ1) is 17.7. The molecule has 9 heteroatoms. The summed E-state index contributed by atoms with van der Waals surface area (Å²) in [6.45, 7) is 3.79. The number of nitrogen functional groups attached to an aromatic ring is 1. The van der Waals surface area contributed by atoms with E-state index in [9.17, 15) is 13.2 Å². The van der Waals surface area contributed by atoms with Crippen molar-refractivity contribution < 1.29 is 17.9 Å². The second-order valence-corrected chi connectivity index (χ2v) is 7.72. The molecule has 1 aromatic rings. The number of thiophene rings is 1. The van der Waals surface area contributed by atoms with Gasteiger partial charge in [-0.3, -0.25) is 4.79 Å². The third kappa shape index (κ3) is 3.86. The van der Waals surface area contributed by atoms with Crippen LogP contribution in [-0.2, 0) is 14.6 Å². The Labute approximate surface area is 128 Å². The maximum Gasteiger partial charge on any atom is 0.263 e. The molecule has 0 radical (unpaired) electrons. The van der Waals surface area contributed by atoms with Crippen LogP contribution in [-0.4, -0.2) is 46.9 Å². The van der Waals surface area contributed by atoms with E-state index in [4.69, 9.17) is 10.5 Å². The van der Waals surface area contributed by atoms with Crippen LogP contribution in [0.5, 0.6) is 0 Å². The second kappa shape index (κ2) is 7.10. The maximum atomic E-state index is 12.2. The lowest BCUT2D eigenvalue weighted by atomic mass is 10.3. The van der Waals surface area contributed by atoms with Crippen molar-refractivity contribution >= 4 is 37.8 Å². The molecule has 1 unspecified atom stereocenters. The Morgan fingerprint density at radius 1 is 1.48 bits per heavy atom. The lowest BCUT2D eigenvalue weighted by Crippen LogP contribution is -2.21. The Hall–Kier alpha value is -1.32. The predicted octanol–water partition coefficient (Wildman–Crippen LogP) is 0.930. The Balaban J connectivity index is 3.37. The summed E-state index contributed by atoms with van der Waals surface area (Å²) in [5.41, 5.74) is 5.88. The summed E-state index contributed by atoms with van der Waals surface area (Å²) in [7, 11) is -0.514. The highest BCUT2D eigenvalue weighted by atomic mass is 32.2. The van der Waals surface area contributed by atoms with Crippen molar-refractivity contribution in [3.05, 3.63) is 4.88 Å². The van der Waals surface area contributed by atoms with Crippen molar-refractivity contribution in [2.24, 2.45) is 0 Å². The minimum atomic E-state index is -3.54. The summed E-state index contributed by atoms with van der Waals surface area (Å²) in [4.78, 5) is 12.0. The van der Waals surface area contributed by atoms with Crippen LogP contribution in [0.4, 0.5) is 10.7 Å². The van der Waals surface area contributed by atoms with Gasteiger partial charge in [0.2, 0.25) is 0 Å². The van der Waals surface area contributed by atoms with Crippen LogP contribution >= 0.6 is 11.3 Å². The first-order valence-electron chi connectivity index (χ1n) is 6.41. The Morgan fingerprint density at radius 2 is 2.10 bits per heavy atom. The molecule has 1 aromatic heterocycles. The number of hydrogen-bond donors (Lipinski definition) is 3. The molecule has 0 saturated carbocycles. The number of carbonyl (C=O) groups is 1. The lowest BCUT2D eigenvalue weighted by Gasteiger charge is -2.14. The summed E-state index contributed by atoms with van der Waals surface area (Å²) >= 11 is 1.03. The van der Waals surface area contributed by atoms with Crippen LogP contribution in [0.25, 0.3) is 0 Å². The second-order valence-electron chi connectivity index (χ2n) is 4.49. The fraction of sp³-hybridized carbons (Fsp3) is 0.583. The summed E-state index contributed by atoms with van der Waals surface area (Å²) < 4.78 is 29.5. The summed E-state index contributed by atoms with van der Waals surface area (Å²) in [6, 6.07) is -0.114. The van der Waals surface area contributed by atoms with Crippen molar-refractivity contribution in [2.75, 3.05) is 37.6 Å². The summed E-state index contributed by atoms with van der Waals surface area (Å²) in [5, 5.41) is 5.87. The maximum absolute atomic E-state index is 12.2. The number of nitrogens with one attached hydrogen (secondary N) is 2. The number of hydrogen-bond acceptors (Lipinski definition) is 7. The first-order valence-corrected chi connectivity index (χ1v) is 8.87. The van der Waals surface area contributed by atoms with Gasteiger partial charge < -0.3 is 21.1 Å². The zero-order chi connectivity index (χ0) is 16.2. The lowest BCUT2D eigenvalue weighted by molar-refractivity contribution is 0.0968. The molecular formula is C12H21N3O4S2. The van der Waals surface area contributed by atoms with Crippen molar-refractivity contribution in [1.82, 2.24) is 5.32 Å². The standard InChI is InChI=1S/C12H21N3O4S2/c1-5-21(17,18)10-8(13)9(11(16)14-3)20-12(10)15-7(2)6-19-4/h7,15H,5-6,13H2,1-4H3,(H,14,16). The van der Waals surface area contributed by atoms with Gasteiger partial charge in [-0.05, 0) is 6.92 Å². The van der Waals surface area contributed by atoms with Gasteiger partial charge in [0.25, 0.3) is 5.91 Å². The van der Waals surface area contributed by atoms with Crippen LogP contribution in [0.1, 0.15) is 23.5 Å². The van der Waals surface area contributed by atoms with Crippen molar-refractivity contribution in [3.63, 3.8) is 0 Å². The fourth-order valence-electron chi connectivity index (χ4n) is 1.77. The number of anilines is 2. The number of rotatable bonds is 7. The largest absolute Gasteiger partial charge is 0.396 e. The Kier molecular flexibility index (Phi) is 5.99. The highest BCUT2D eigenvalue weighted by Gasteiger charge is 2.28. The molecule has 1 atom stereocenters. The number of carbonyl (C=O) groups excluding carboxylic acids is 1. The van der Waals surface area contributed by atoms with Crippen LogP contribution in [0.3, 0.4) is 0 Å². The average molecular weight is 335 g/mol. The number of ether oxygens (including phenoxy) is 1. The molecule has 1 amide bonds. The molecule has 0 spiro atoms. The van der Waals surface area contributed by atoms with Crippen LogP contribution in [0.2, 0.25) is 0 Å². The van der Waals surface area contributed by atoms with Crippen molar-refractivity contribution in [2.45, 2.75) is 24.8 Å². The monoisotopic (exact) mass is 335 g/mol. The van der Waals surface area contributed by atoms with Gasteiger partial charge in [-0.25, -0.2) is 8.42 Å². The van der Waals surface area contributed by atoms with E-state index in [0.717, 1.165) is 11.3 Å². The average Bonchev–Trinajstić information content (AvgIpc) is 2.75. The molecule has 1 rings (SSSR count). The van der Waals surface area contributed by atoms with E-state index in [1.807, 2.05) is 6.92 Å². The molecule has 0 aliphatic rings. The van der Waals surface area contributed by atoms with Gasteiger partial charge >= 0.3 is 0 Å². The van der Waals surface area contributed by atoms with Gasteiger partial charge in [-0.1, -0.05) is 6.92 Å². The van der Waals surface area contributed by atoms with E-state index in [-0.39, 0.29) is 27.3 Å². The van der Waals surface area contributed by atoms with Crippen molar-refractivity contribution in [1.29, 1.82) is 0 Å².